The van der Waals surface area contributed by atoms with Crippen LogP contribution >= 0.6 is 0 Å². The van der Waals surface area contributed by atoms with Crippen LogP contribution in [0.25, 0.3) is 10.9 Å². The van der Waals surface area contributed by atoms with Gasteiger partial charge in [-0.05, 0) is 56.2 Å². The summed E-state index contributed by atoms with van der Waals surface area (Å²) in [5.41, 5.74) is 1.91. The van der Waals surface area contributed by atoms with Crippen LogP contribution < -0.4 is 9.64 Å². The van der Waals surface area contributed by atoms with Gasteiger partial charge in [0.25, 0.3) is 0 Å². The first-order valence-electron chi connectivity index (χ1n) is 11.3. The maximum atomic E-state index is 13.2. The van der Waals surface area contributed by atoms with Gasteiger partial charge < -0.3 is 14.7 Å². The second-order valence-corrected chi connectivity index (χ2v) is 8.36. The standard InChI is InChI=1S/C25H28N4O5/c1-4-29(18-6-8-19(34-3)9-7-18)25(33)28-13-11-16(12-14-28)23(30)17-5-10-20-21(15-17)27(2)26-22(20)24(31)32/h5-10,15-16H,4,11-14H2,1-3H3,(H,31,32). The molecule has 4 rings (SSSR count). The minimum Gasteiger partial charge on any atom is -0.497 e. The first kappa shape index (κ1) is 23.3. The third-order valence-electron chi connectivity index (χ3n) is 6.41. The van der Waals surface area contributed by atoms with Crippen LogP contribution in [0.15, 0.2) is 42.5 Å². The van der Waals surface area contributed by atoms with Gasteiger partial charge in [0.2, 0.25) is 0 Å². The van der Waals surface area contributed by atoms with Gasteiger partial charge in [-0.3, -0.25) is 14.4 Å². The van der Waals surface area contributed by atoms with Crippen molar-refractivity contribution in [3.63, 3.8) is 0 Å². The zero-order valence-electron chi connectivity index (χ0n) is 19.5. The number of carbonyl (C=O) groups excluding carboxylic acids is 2. The van der Waals surface area contributed by atoms with Gasteiger partial charge in [0.15, 0.2) is 11.5 Å². The average Bonchev–Trinajstić information content (AvgIpc) is 3.20. The summed E-state index contributed by atoms with van der Waals surface area (Å²) in [4.78, 5) is 41.2. The number of piperidine rings is 1. The van der Waals surface area contributed by atoms with E-state index in [2.05, 4.69) is 5.10 Å². The molecule has 1 aromatic heterocycles. The number of carbonyl (C=O) groups is 3. The molecule has 2 aromatic carbocycles. The van der Waals surface area contributed by atoms with Crippen LogP contribution in [0.2, 0.25) is 0 Å². The number of amides is 2. The third-order valence-corrected chi connectivity index (χ3v) is 6.41. The predicted octanol–water partition coefficient (Wildman–Crippen LogP) is 3.82. The molecular weight excluding hydrogens is 436 g/mol. The lowest BCUT2D eigenvalue weighted by molar-refractivity contribution is 0.0691. The monoisotopic (exact) mass is 464 g/mol. The first-order chi connectivity index (χ1) is 16.3. The molecule has 0 spiro atoms. The highest BCUT2D eigenvalue weighted by atomic mass is 16.5. The Hall–Kier alpha value is -3.88. The largest absolute Gasteiger partial charge is 0.497 e. The fourth-order valence-electron chi connectivity index (χ4n) is 4.50. The van der Waals surface area contributed by atoms with E-state index >= 15 is 0 Å². The summed E-state index contributed by atoms with van der Waals surface area (Å²) in [6.07, 6.45) is 1.16. The van der Waals surface area contributed by atoms with Crippen LogP contribution in [0.4, 0.5) is 10.5 Å². The van der Waals surface area contributed by atoms with E-state index in [1.807, 2.05) is 31.2 Å². The number of likely N-dealkylation sites (tertiary alicyclic amines) is 1. The Morgan fingerprint density at radius 2 is 1.79 bits per heavy atom. The van der Waals surface area contributed by atoms with Gasteiger partial charge in [0, 0.05) is 49.2 Å². The van der Waals surface area contributed by atoms with E-state index in [4.69, 9.17) is 4.74 Å². The molecule has 2 amide bonds. The lowest BCUT2D eigenvalue weighted by Crippen LogP contribution is -2.47. The highest BCUT2D eigenvalue weighted by Crippen LogP contribution is 2.27. The number of hydrogen-bond acceptors (Lipinski definition) is 5. The van der Waals surface area contributed by atoms with Crippen molar-refractivity contribution in [2.45, 2.75) is 19.8 Å². The summed E-state index contributed by atoms with van der Waals surface area (Å²) in [5, 5.41) is 13.9. The minimum absolute atomic E-state index is 0.00887. The molecule has 0 atom stereocenters. The molecule has 1 aliphatic rings. The molecule has 2 heterocycles. The maximum Gasteiger partial charge on any atom is 0.357 e. The number of aromatic nitrogens is 2. The Labute approximate surface area is 197 Å². The van der Waals surface area contributed by atoms with E-state index in [9.17, 15) is 19.5 Å². The topological polar surface area (TPSA) is 105 Å². The number of benzene rings is 2. The normalized spacial score (nSPS) is 14.3. The summed E-state index contributed by atoms with van der Waals surface area (Å²) in [7, 11) is 3.26. The maximum absolute atomic E-state index is 13.2. The number of anilines is 1. The number of aromatic carboxylic acids is 1. The third kappa shape index (κ3) is 4.33. The molecule has 34 heavy (non-hydrogen) atoms. The second-order valence-electron chi connectivity index (χ2n) is 8.36. The van der Waals surface area contributed by atoms with E-state index < -0.39 is 5.97 Å². The molecule has 1 aliphatic heterocycles. The molecule has 1 saturated heterocycles. The smallest absolute Gasteiger partial charge is 0.357 e. The number of urea groups is 1. The van der Waals surface area contributed by atoms with Crippen LogP contribution in [0.3, 0.4) is 0 Å². The average molecular weight is 465 g/mol. The zero-order valence-corrected chi connectivity index (χ0v) is 19.5. The summed E-state index contributed by atoms with van der Waals surface area (Å²) in [6, 6.07) is 12.3. The molecule has 0 saturated carbocycles. The Morgan fingerprint density at radius 1 is 1.12 bits per heavy atom. The Balaban J connectivity index is 1.43. The van der Waals surface area contributed by atoms with Gasteiger partial charge in [-0.1, -0.05) is 6.07 Å². The van der Waals surface area contributed by atoms with Crippen LogP contribution in [-0.4, -0.2) is 64.3 Å². The molecular formula is C25H28N4O5. The van der Waals surface area contributed by atoms with Crippen LogP contribution in [0.1, 0.15) is 40.6 Å². The molecule has 9 nitrogen and oxygen atoms in total. The summed E-state index contributed by atoms with van der Waals surface area (Å²) >= 11 is 0. The zero-order chi connectivity index (χ0) is 24.4. The lowest BCUT2D eigenvalue weighted by Gasteiger charge is -2.35. The van der Waals surface area contributed by atoms with Gasteiger partial charge in [-0.2, -0.15) is 5.10 Å². The van der Waals surface area contributed by atoms with Crippen LogP contribution in [0.5, 0.6) is 5.75 Å². The molecule has 0 bridgehead atoms. The van der Waals surface area contributed by atoms with Crippen molar-refractivity contribution in [3.05, 3.63) is 53.7 Å². The molecule has 1 fully saturated rings. The fraction of sp³-hybridized carbons (Fsp3) is 0.360. The number of carboxylic acids is 1. The molecule has 9 heteroatoms. The first-order valence-corrected chi connectivity index (χ1v) is 11.3. The van der Waals surface area contributed by atoms with E-state index in [-0.39, 0.29) is 23.4 Å². The molecule has 0 radical (unpaired) electrons. The molecule has 0 unspecified atom stereocenters. The van der Waals surface area contributed by atoms with Crippen molar-refractivity contribution in [3.8, 4) is 5.75 Å². The second kappa shape index (κ2) is 9.54. The highest BCUT2D eigenvalue weighted by Gasteiger charge is 2.30. The van der Waals surface area contributed by atoms with E-state index in [1.54, 1.807) is 42.2 Å². The lowest BCUT2D eigenvalue weighted by atomic mass is 9.88. The molecule has 0 aliphatic carbocycles. The van der Waals surface area contributed by atoms with Crippen molar-refractivity contribution in [1.29, 1.82) is 0 Å². The minimum atomic E-state index is -1.10. The predicted molar refractivity (Wildman–Crippen MR) is 128 cm³/mol. The number of Topliss-reactive ketones (excluding diaryl/α,β-unsaturated/α-hetero) is 1. The number of ether oxygens (including phenoxy) is 1. The number of ketones is 1. The fourth-order valence-corrected chi connectivity index (χ4v) is 4.50. The number of fused-ring (bicyclic) bond motifs is 1. The van der Waals surface area contributed by atoms with Gasteiger partial charge in [-0.25, -0.2) is 9.59 Å². The summed E-state index contributed by atoms with van der Waals surface area (Å²) in [5.74, 6) is -0.549. The van der Waals surface area contributed by atoms with Gasteiger partial charge in [-0.15, -0.1) is 0 Å². The Kier molecular flexibility index (Phi) is 6.54. The number of methoxy groups -OCH3 is 1. The molecule has 178 valence electrons. The van der Waals surface area contributed by atoms with Crippen molar-refractivity contribution in [2.75, 3.05) is 31.6 Å². The van der Waals surface area contributed by atoms with Crippen molar-refractivity contribution < 1.29 is 24.2 Å². The quantitative estimate of drug-likeness (QED) is 0.556. The Morgan fingerprint density at radius 3 is 2.38 bits per heavy atom. The highest BCUT2D eigenvalue weighted by molar-refractivity contribution is 6.05. The number of rotatable bonds is 6. The van der Waals surface area contributed by atoms with Crippen molar-refractivity contribution in [2.24, 2.45) is 13.0 Å². The van der Waals surface area contributed by atoms with E-state index in [1.165, 1.54) is 4.68 Å². The Bertz CT molecular complexity index is 1230. The van der Waals surface area contributed by atoms with Crippen LogP contribution in [0, 0.1) is 5.92 Å². The summed E-state index contributed by atoms with van der Waals surface area (Å²) < 4.78 is 6.68. The van der Waals surface area contributed by atoms with E-state index in [0.29, 0.717) is 48.9 Å². The number of nitrogens with zero attached hydrogens (tertiary/aromatic N) is 4. The van der Waals surface area contributed by atoms with Crippen molar-refractivity contribution in [1.82, 2.24) is 14.7 Å². The van der Waals surface area contributed by atoms with E-state index in [0.717, 1.165) is 11.4 Å². The van der Waals surface area contributed by atoms with Gasteiger partial charge in [0.1, 0.15) is 5.75 Å². The SMILES string of the molecule is CCN(C(=O)N1CCC(C(=O)c2ccc3c(C(=O)O)nn(C)c3c2)CC1)c1ccc(OC)cc1. The number of aryl methyl sites for hydroxylation is 1. The molecule has 1 N–H and O–H groups in total. The molecule has 3 aromatic rings. The summed E-state index contributed by atoms with van der Waals surface area (Å²) in [6.45, 7) is 3.47. The number of carboxylic acid groups (broad SMARTS) is 1. The van der Waals surface area contributed by atoms with Crippen LogP contribution in [-0.2, 0) is 7.05 Å². The van der Waals surface area contributed by atoms with Crippen molar-refractivity contribution >= 4 is 34.4 Å². The van der Waals surface area contributed by atoms with Gasteiger partial charge >= 0.3 is 12.0 Å². The number of hydrogen-bond donors (Lipinski definition) is 1. The van der Waals surface area contributed by atoms with Gasteiger partial charge in [0.05, 0.1) is 12.6 Å².